The van der Waals surface area contributed by atoms with E-state index in [0.29, 0.717) is 26.2 Å². The van der Waals surface area contributed by atoms with Crippen LogP contribution in [0.1, 0.15) is 45.1 Å². The van der Waals surface area contributed by atoms with Crippen LogP contribution in [0.15, 0.2) is 54.9 Å². The van der Waals surface area contributed by atoms with E-state index in [1.165, 1.54) is 6.07 Å². The molecule has 1 aromatic heterocycles. The van der Waals surface area contributed by atoms with Crippen molar-refractivity contribution in [2.75, 3.05) is 44.2 Å². The zero-order chi connectivity index (χ0) is 30.0. The molecule has 10 heteroatoms. The lowest BCUT2D eigenvalue weighted by Crippen LogP contribution is -2.54. The topological polar surface area (TPSA) is 93.8 Å². The van der Waals surface area contributed by atoms with Crippen LogP contribution in [-0.2, 0) is 16.1 Å². The van der Waals surface area contributed by atoms with Crippen molar-refractivity contribution in [2.45, 2.75) is 57.7 Å². The van der Waals surface area contributed by atoms with E-state index in [9.17, 15) is 14.0 Å². The summed E-state index contributed by atoms with van der Waals surface area (Å²) in [5.41, 5.74) is 2.82. The lowest BCUT2D eigenvalue weighted by Gasteiger charge is -2.37. The number of H-pyrrole nitrogens is 1. The van der Waals surface area contributed by atoms with Gasteiger partial charge in [0.25, 0.3) is 5.91 Å². The van der Waals surface area contributed by atoms with E-state index < -0.39 is 11.4 Å². The second-order valence-electron chi connectivity index (χ2n) is 12.4. The fourth-order valence-corrected chi connectivity index (χ4v) is 6.16. The van der Waals surface area contributed by atoms with Gasteiger partial charge in [-0.1, -0.05) is 24.3 Å². The predicted octanol–water partition coefficient (Wildman–Crippen LogP) is 4.21. The van der Waals surface area contributed by atoms with Crippen molar-refractivity contribution in [2.24, 2.45) is 5.92 Å². The first kappa shape index (κ1) is 29.2. The number of aromatic amines is 1. The molecule has 0 bridgehead atoms. The molecule has 228 valence electrons. The van der Waals surface area contributed by atoms with Gasteiger partial charge in [-0.3, -0.25) is 14.7 Å². The third kappa shape index (κ3) is 6.69. The van der Waals surface area contributed by atoms with Crippen LogP contribution in [0.3, 0.4) is 0 Å². The van der Waals surface area contributed by atoms with Crippen LogP contribution < -0.4 is 15.0 Å². The Hall–Kier alpha value is -3.92. The van der Waals surface area contributed by atoms with Crippen molar-refractivity contribution in [3.63, 3.8) is 0 Å². The highest BCUT2D eigenvalue weighted by Crippen LogP contribution is 2.34. The smallest absolute Gasteiger partial charge is 0.266 e. The van der Waals surface area contributed by atoms with Gasteiger partial charge in [-0.15, -0.1) is 0 Å². The van der Waals surface area contributed by atoms with Crippen LogP contribution in [0.4, 0.5) is 10.1 Å². The predicted molar refractivity (Wildman–Crippen MR) is 163 cm³/mol. The van der Waals surface area contributed by atoms with E-state index >= 15 is 0 Å². The van der Waals surface area contributed by atoms with Crippen molar-refractivity contribution in [3.8, 4) is 16.9 Å². The van der Waals surface area contributed by atoms with E-state index in [1.807, 2.05) is 6.20 Å². The molecule has 2 aliphatic heterocycles. The Bertz CT molecular complexity index is 1420. The summed E-state index contributed by atoms with van der Waals surface area (Å²) < 4.78 is 21.0. The molecular formula is C33H41FN6O3. The summed E-state index contributed by atoms with van der Waals surface area (Å²) in [5.74, 6) is -0.558. The molecule has 2 saturated heterocycles. The Labute approximate surface area is 252 Å². The first-order valence-corrected chi connectivity index (χ1v) is 15.4. The number of piperidine rings is 1. The van der Waals surface area contributed by atoms with Crippen LogP contribution in [-0.4, -0.2) is 82.7 Å². The second kappa shape index (κ2) is 12.4. The number of hydrogen-bond donors (Lipinski definition) is 2. The number of hydrogen-bond acceptors (Lipinski definition) is 6. The number of rotatable bonds is 9. The number of benzene rings is 2. The van der Waals surface area contributed by atoms with Crippen LogP contribution in [0.5, 0.6) is 5.75 Å². The van der Waals surface area contributed by atoms with Crippen molar-refractivity contribution in [3.05, 3.63) is 66.2 Å². The van der Waals surface area contributed by atoms with E-state index in [4.69, 9.17) is 4.74 Å². The van der Waals surface area contributed by atoms with Gasteiger partial charge in [-0.2, -0.15) is 5.10 Å². The molecule has 9 nitrogen and oxygen atoms in total. The third-order valence-corrected chi connectivity index (χ3v) is 8.74. The van der Waals surface area contributed by atoms with Crippen LogP contribution in [0.25, 0.3) is 11.1 Å². The molecule has 3 aromatic rings. The number of anilines is 1. The molecule has 43 heavy (non-hydrogen) atoms. The molecule has 3 aliphatic rings. The molecule has 0 spiro atoms. The van der Waals surface area contributed by atoms with E-state index in [1.54, 1.807) is 37.1 Å². The molecule has 2 N–H and O–H groups in total. The molecule has 3 heterocycles. The van der Waals surface area contributed by atoms with Crippen LogP contribution >= 0.6 is 0 Å². The van der Waals surface area contributed by atoms with Crippen molar-refractivity contribution < 1.29 is 18.7 Å². The van der Waals surface area contributed by atoms with Gasteiger partial charge in [-0.05, 0) is 62.8 Å². The Morgan fingerprint density at radius 3 is 2.51 bits per heavy atom. The van der Waals surface area contributed by atoms with Gasteiger partial charge in [0, 0.05) is 75.4 Å². The SMILES string of the molecule is CC(C)(Oc1cc(N2CCCC(C(=O)N(Cc3ccc(-c4cn[nH]c4)cc3)C3CC3)C2)ccc1F)C(=O)N1CCNCC1. The molecule has 1 saturated carbocycles. The summed E-state index contributed by atoms with van der Waals surface area (Å²) in [4.78, 5) is 33.0. The highest BCUT2D eigenvalue weighted by atomic mass is 19.1. The van der Waals surface area contributed by atoms with E-state index in [0.717, 1.165) is 67.7 Å². The second-order valence-corrected chi connectivity index (χ2v) is 12.4. The first-order valence-electron chi connectivity index (χ1n) is 15.4. The number of aromatic nitrogens is 2. The Kier molecular flexibility index (Phi) is 8.38. The summed E-state index contributed by atoms with van der Waals surface area (Å²) in [7, 11) is 0. The molecule has 1 aliphatic carbocycles. The molecule has 1 atom stereocenters. The van der Waals surface area contributed by atoms with Gasteiger partial charge in [-0.25, -0.2) is 4.39 Å². The molecule has 0 radical (unpaired) electrons. The maximum atomic E-state index is 14.9. The van der Waals surface area contributed by atoms with Crippen LogP contribution in [0.2, 0.25) is 0 Å². The monoisotopic (exact) mass is 588 g/mol. The lowest BCUT2D eigenvalue weighted by molar-refractivity contribution is -0.146. The average molecular weight is 589 g/mol. The van der Waals surface area contributed by atoms with Gasteiger partial charge >= 0.3 is 0 Å². The number of nitrogens with one attached hydrogen (secondary N) is 2. The summed E-state index contributed by atoms with van der Waals surface area (Å²) in [6.45, 7) is 7.99. The quantitative estimate of drug-likeness (QED) is 0.389. The van der Waals surface area contributed by atoms with Gasteiger partial charge in [0.05, 0.1) is 12.1 Å². The number of piperazine rings is 1. The highest BCUT2D eigenvalue weighted by molar-refractivity contribution is 5.85. The number of carbonyl (C=O) groups is 2. The van der Waals surface area contributed by atoms with Gasteiger partial charge in [0.2, 0.25) is 5.91 Å². The minimum Gasteiger partial charge on any atom is -0.475 e. The molecular weight excluding hydrogens is 547 g/mol. The zero-order valence-corrected chi connectivity index (χ0v) is 25.0. The lowest BCUT2D eigenvalue weighted by atomic mass is 9.95. The number of carbonyl (C=O) groups excluding carboxylic acids is 2. The fraction of sp³-hybridized carbons (Fsp3) is 0.485. The Morgan fingerprint density at radius 1 is 1.05 bits per heavy atom. The number of nitrogens with zero attached hydrogens (tertiary/aromatic N) is 4. The maximum absolute atomic E-state index is 14.9. The fourth-order valence-electron chi connectivity index (χ4n) is 6.16. The standard InChI is InChI=1S/C33H41FN6O3/c1-33(2,32(42)38-16-13-35-14-17-38)43-30-18-28(11-12-29(30)34)39-15-3-4-25(22-39)31(41)40(27-9-10-27)21-23-5-7-24(8-6-23)26-19-36-37-20-26/h5-8,11-12,18-20,25,27,35H,3-4,9-10,13-17,21-22H2,1-2H3,(H,36,37). The third-order valence-electron chi connectivity index (χ3n) is 8.74. The van der Waals surface area contributed by atoms with Crippen LogP contribution in [0, 0.1) is 11.7 Å². The number of halogens is 1. The van der Waals surface area contributed by atoms with Crippen molar-refractivity contribution in [1.29, 1.82) is 0 Å². The van der Waals surface area contributed by atoms with Gasteiger partial charge in [0.15, 0.2) is 17.2 Å². The Balaban J connectivity index is 1.12. The number of ether oxygens (including phenoxy) is 1. The largest absolute Gasteiger partial charge is 0.475 e. The number of amides is 2. The van der Waals surface area contributed by atoms with Crippen molar-refractivity contribution in [1.82, 2.24) is 25.3 Å². The molecule has 6 rings (SSSR count). The normalized spacial score (nSPS) is 19.3. The molecule has 1 unspecified atom stereocenters. The molecule has 2 amide bonds. The summed E-state index contributed by atoms with van der Waals surface area (Å²) >= 11 is 0. The maximum Gasteiger partial charge on any atom is 0.266 e. The molecule has 3 fully saturated rings. The first-order chi connectivity index (χ1) is 20.8. The van der Waals surface area contributed by atoms with E-state index in [2.05, 4.69) is 49.6 Å². The minimum atomic E-state index is -1.21. The summed E-state index contributed by atoms with van der Waals surface area (Å²) in [6, 6.07) is 13.4. The average Bonchev–Trinajstić information content (AvgIpc) is 3.73. The molecule has 2 aromatic carbocycles. The van der Waals surface area contributed by atoms with E-state index in [-0.39, 0.29) is 29.5 Å². The van der Waals surface area contributed by atoms with Gasteiger partial charge in [0.1, 0.15) is 0 Å². The summed E-state index contributed by atoms with van der Waals surface area (Å²) in [5, 5.41) is 10.1. The minimum absolute atomic E-state index is 0.0536. The zero-order valence-electron chi connectivity index (χ0n) is 25.0. The Morgan fingerprint density at radius 2 is 1.81 bits per heavy atom. The highest BCUT2D eigenvalue weighted by Gasteiger charge is 2.38. The summed E-state index contributed by atoms with van der Waals surface area (Å²) in [6.07, 6.45) is 7.44. The van der Waals surface area contributed by atoms with Gasteiger partial charge < -0.3 is 24.8 Å². The van der Waals surface area contributed by atoms with Crippen molar-refractivity contribution >= 4 is 17.5 Å².